The van der Waals surface area contributed by atoms with Crippen molar-refractivity contribution >= 4 is 12.1 Å². The number of carbonyl (C=O) groups excluding carboxylic acids is 1. The van der Waals surface area contributed by atoms with Gasteiger partial charge in [-0.25, -0.2) is 0 Å². The van der Waals surface area contributed by atoms with Crippen LogP contribution in [0, 0.1) is 6.07 Å². The molecule has 0 unspecified atom stereocenters. The Morgan fingerprint density at radius 2 is 2.45 bits per heavy atom. The van der Waals surface area contributed by atoms with E-state index in [9.17, 15) is 4.79 Å². The Balaban J connectivity index is 2.82. The number of methoxy groups -OCH3 is 1. The lowest BCUT2D eigenvalue weighted by Crippen LogP contribution is -1.93. The first-order chi connectivity index (χ1) is 5.36. The number of rotatable bonds is 3. The molecule has 11 heavy (non-hydrogen) atoms. The maximum Gasteiger partial charge on any atom is 0.211 e. The molecule has 57 valence electrons. The van der Waals surface area contributed by atoms with E-state index in [-0.39, 0.29) is 0 Å². The highest BCUT2D eigenvalue weighted by Gasteiger charge is 1.92. The summed E-state index contributed by atoms with van der Waals surface area (Å²) in [4.78, 5) is 10.0. The van der Waals surface area contributed by atoms with E-state index >= 15 is 0 Å². The van der Waals surface area contributed by atoms with Gasteiger partial charge in [-0.3, -0.25) is 4.79 Å². The summed E-state index contributed by atoms with van der Waals surface area (Å²) >= 11 is 0. The van der Waals surface area contributed by atoms with E-state index in [1.165, 1.54) is 0 Å². The molecule has 1 radical (unpaired) electrons. The van der Waals surface area contributed by atoms with Gasteiger partial charge in [0.1, 0.15) is 5.75 Å². The molecule has 0 aromatic heterocycles. The Bertz CT molecular complexity index is 248. The first-order valence-corrected chi connectivity index (χ1v) is 3.12. The molecular formula is C8H8NO2. The summed E-state index contributed by atoms with van der Waals surface area (Å²) in [6.45, 7) is 0. The average molecular weight is 150 g/mol. The highest BCUT2D eigenvalue weighted by Crippen LogP contribution is 2.14. The van der Waals surface area contributed by atoms with Gasteiger partial charge in [-0.05, 0) is 18.2 Å². The lowest BCUT2D eigenvalue weighted by atomic mass is 10.3. The zero-order chi connectivity index (χ0) is 8.10. The molecule has 0 aliphatic rings. The molecule has 0 fully saturated rings. The van der Waals surface area contributed by atoms with E-state index in [1.807, 2.05) is 0 Å². The summed E-state index contributed by atoms with van der Waals surface area (Å²) in [6, 6.07) is 7.89. The van der Waals surface area contributed by atoms with Gasteiger partial charge in [-0.15, -0.1) is 0 Å². The first-order valence-electron chi connectivity index (χ1n) is 3.12. The van der Waals surface area contributed by atoms with Crippen LogP contribution >= 0.6 is 0 Å². The Morgan fingerprint density at radius 1 is 1.64 bits per heavy atom. The van der Waals surface area contributed by atoms with Crippen molar-refractivity contribution < 1.29 is 9.53 Å². The molecule has 0 spiro atoms. The molecule has 1 N–H and O–H groups in total. The second-order valence-corrected chi connectivity index (χ2v) is 1.92. The molecule has 0 saturated carbocycles. The standard InChI is InChI=1S/C8H8NO2/c1-11-8-4-2-3-7(5-8)9-6-10/h3-6H,1H3,(H,9,10). The van der Waals surface area contributed by atoms with E-state index in [0.717, 1.165) is 0 Å². The van der Waals surface area contributed by atoms with Crippen LogP contribution in [0.15, 0.2) is 18.2 Å². The van der Waals surface area contributed by atoms with Crippen molar-refractivity contribution in [3.8, 4) is 5.75 Å². The van der Waals surface area contributed by atoms with Gasteiger partial charge < -0.3 is 10.1 Å². The minimum atomic E-state index is 0.614. The van der Waals surface area contributed by atoms with Crippen molar-refractivity contribution in [2.75, 3.05) is 12.4 Å². The summed E-state index contributed by atoms with van der Waals surface area (Å²) in [5.41, 5.74) is 0.680. The van der Waals surface area contributed by atoms with Crippen LogP contribution in [-0.2, 0) is 4.79 Å². The highest BCUT2D eigenvalue weighted by atomic mass is 16.5. The van der Waals surface area contributed by atoms with Crippen molar-refractivity contribution in [1.29, 1.82) is 0 Å². The van der Waals surface area contributed by atoms with Crippen LogP contribution in [0.4, 0.5) is 5.69 Å². The quantitative estimate of drug-likeness (QED) is 0.654. The molecule has 0 bridgehead atoms. The van der Waals surface area contributed by atoms with Crippen LogP contribution in [0.1, 0.15) is 0 Å². The first kappa shape index (κ1) is 7.60. The van der Waals surface area contributed by atoms with Crippen LogP contribution in [-0.4, -0.2) is 13.5 Å². The Kier molecular flexibility index (Phi) is 2.49. The number of hydrogen-bond donors (Lipinski definition) is 1. The second-order valence-electron chi connectivity index (χ2n) is 1.92. The summed E-state index contributed by atoms with van der Waals surface area (Å²) in [7, 11) is 1.56. The van der Waals surface area contributed by atoms with Gasteiger partial charge in [0.15, 0.2) is 0 Å². The van der Waals surface area contributed by atoms with Gasteiger partial charge in [-0.2, -0.15) is 0 Å². The SMILES string of the molecule is COc1c[c]cc(NC=O)c1. The maximum atomic E-state index is 10.0. The van der Waals surface area contributed by atoms with Gasteiger partial charge in [0, 0.05) is 11.8 Å². The predicted molar refractivity (Wildman–Crippen MR) is 41.5 cm³/mol. The fraction of sp³-hybridized carbons (Fsp3) is 0.125. The molecule has 1 rings (SSSR count). The molecule has 0 heterocycles. The zero-order valence-corrected chi connectivity index (χ0v) is 6.13. The maximum absolute atomic E-state index is 10.0. The molecule has 1 amide bonds. The molecule has 0 aliphatic heterocycles. The largest absolute Gasteiger partial charge is 0.497 e. The third-order valence-corrected chi connectivity index (χ3v) is 1.22. The Morgan fingerprint density at radius 3 is 3.09 bits per heavy atom. The minimum Gasteiger partial charge on any atom is -0.497 e. The summed E-state index contributed by atoms with van der Waals surface area (Å²) in [5.74, 6) is 0.678. The number of amides is 1. The molecule has 3 heteroatoms. The van der Waals surface area contributed by atoms with Crippen LogP contribution in [0.25, 0.3) is 0 Å². The van der Waals surface area contributed by atoms with Gasteiger partial charge in [0.05, 0.1) is 7.11 Å². The predicted octanol–water partition coefficient (Wildman–Crippen LogP) is 1.06. The van der Waals surface area contributed by atoms with E-state index in [0.29, 0.717) is 17.8 Å². The lowest BCUT2D eigenvalue weighted by Gasteiger charge is -2.00. The van der Waals surface area contributed by atoms with Gasteiger partial charge in [0.2, 0.25) is 6.41 Å². The van der Waals surface area contributed by atoms with E-state index in [4.69, 9.17) is 4.74 Å². The fourth-order valence-electron chi connectivity index (χ4n) is 0.719. The normalized spacial score (nSPS) is 8.82. The van der Waals surface area contributed by atoms with Crippen LogP contribution in [0.3, 0.4) is 0 Å². The van der Waals surface area contributed by atoms with Crippen molar-refractivity contribution in [3.05, 3.63) is 24.3 Å². The molecule has 1 aromatic rings. The van der Waals surface area contributed by atoms with Crippen molar-refractivity contribution in [2.24, 2.45) is 0 Å². The number of nitrogens with one attached hydrogen (secondary N) is 1. The Hall–Kier alpha value is -1.51. The third kappa shape index (κ3) is 1.97. The van der Waals surface area contributed by atoms with Crippen LogP contribution < -0.4 is 10.1 Å². The summed E-state index contributed by atoms with van der Waals surface area (Å²) < 4.78 is 4.91. The van der Waals surface area contributed by atoms with Crippen molar-refractivity contribution in [2.45, 2.75) is 0 Å². The number of carbonyl (C=O) groups is 1. The van der Waals surface area contributed by atoms with Crippen molar-refractivity contribution in [3.63, 3.8) is 0 Å². The Labute approximate surface area is 65.0 Å². The van der Waals surface area contributed by atoms with E-state index in [2.05, 4.69) is 11.4 Å². The number of ether oxygens (including phenoxy) is 1. The fourth-order valence-corrected chi connectivity index (χ4v) is 0.719. The minimum absolute atomic E-state index is 0.614. The average Bonchev–Trinajstić information content (AvgIpc) is 2.06. The zero-order valence-electron chi connectivity index (χ0n) is 6.13. The van der Waals surface area contributed by atoms with E-state index < -0.39 is 0 Å². The van der Waals surface area contributed by atoms with Gasteiger partial charge in [0.25, 0.3) is 0 Å². The van der Waals surface area contributed by atoms with Gasteiger partial charge >= 0.3 is 0 Å². The molecule has 0 atom stereocenters. The monoisotopic (exact) mass is 150 g/mol. The summed E-state index contributed by atoms with van der Waals surface area (Å²) in [5, 5.41) is 2.49. The number of hydrogen-bond acceptors (Lipinski definition) is 2. The number of benzene rings is 1. The topological polar surface area (TPSA) is 38.3 Å². The lowest BCUT2D eigenvalue weighted by molar-refractivity contribution is -0.105. The van der Waals surface area contributed by atoms with E-state index in [1.54, 1.807) is 25.3 Å². The van der Waals surface area contributed by atoms with Gasteiger partial charge in [-0.1, -0.05) is 0 Å². The molecule has 0 aliphatic carbocycles. The van der Waals surface area contributed by atoms with Crippen LogP contribution in [0.5, 0.6) is 5.75 Å². The second kappa shape index (κ2) is 3.61. The third-order valence-electron chi connectivity index (χ3n) is 1.22. The smallest absolute Gasteiger partial charge is 0.211 e. The molecule has 0 saturated heterocycles. The molecule has 1 aromatic carbocycles. The number of anilines is 1. The van der Waals surface area contributed by atoms with Crippen LogP contribution in [0.2, 0.25) is 0 Å². The molecular weight excluding hydrogens is 142 g/mol. The summed E-state index contributed by atoms with van der Waals surface area (Å²) in [6.07, 6.45) is 0.614. The van der Waals surface area contributed by atoms with Crippen molar-refractivity contribution in [1.82, 2.24) is 0 Å². The molecule has 3 nitrogen and oxygen atoms in total. The highest BCUT2D eigenvalue weighted by molar-refractivity contribution is 5.71.